The number of nitrogens with zero attached hydrogens (tertiary/aromatic N) is 4. The summed E-state index contributed by atoms with van der Waals surface area (Å²) in [6.45, 7) is 5.65. The van der Waals surface area contributed by atoms with Crippen molar-refractivity contribution in [2.75, 3.05) is 0 Å². The van der Waals surface area contributed by atoms with Crippen LogP contribution in [-0.2, 0) is 5.75 Å². The van der Waals surface area contributed by atoms with Crippen molar-refractivity contribution >= 4 is 23.6 Å². The third-order valence-corrected chi connectivity index (χ3v) is 4.77. The average Bonchev–Trinajstić information content (AvgIpc) is 2.70. The van der Waals surface area contributed by atoms with Crippen molar-refractivity contribution in [3.63, 3.8) is 0 Å². The molecule has 0 unspecified atom stereocenters. The summed E-state index contributed by atoms with van der Waals surface area (Å²) in [5.74, 6) is -0.268. The van der Waals surface area contributed by atoms with E-state index >= 15 is 0 Å². The lowest BCUT2D eigenvalue weighted by Gasteiger charge is -2.08. The fourth-order valence-corrected chi connectivity index (χ4v) is 3.32. The lowest BCUT2D eigenvalue weighted by molar-refractivity contribution is 0.0843. The number of benzene rings is 1. The van der Waals surface area contributed by atoms with Crippen molar-refractivity contribution in [1.29, 1.82) is 0 Å². The van der Waals surface area contributed by atoms with Gasteiger partial charge < -0.3 is 0 Å². The molecule has 8 nitrogen and oxygen atoms in total. The third kappa shape index (κ3) is 5.82. The summed E-state index contributed by atoms with van der Waals surface area (Å²) in [5.41, 5.74) is 8.86. The predicted molar refractivity (Wildman–Crippen MR) is 109 cm³/mol. The van der Waals surface area contributed by atoms with Crippen LogP contribution in [0.3, 0.4) is 0 Å². The summed E-state index contributed by atoms with van der Waals surface area (Å²) < 4.78 is 0. The highest BCUT2D eigenvalue weighted by Crippen LogP contribution is 2.20. The standard InChI is InChI=1S/C20H20N6O2S/c1-12-8-13(2)24-20(23-12)29-11-15-4-6-16(7-5-15)18(27)25-26-19(28)17-10-21-14(3)9-22-17/h4-10H,11H2,1-3H3,(H,25,27)(H,26,28). The Hall–Kier alpha value is -3.33. The van der Waals surface area contributed by atoms with Gasteiger partial charge in [-0.25, -0.2) is 15.0 Å². The maximum Gasteiger partial charge on any atom is 0.289 e. The van der Waals surface area contributed by atoms with E-state index in [-0.39, 0.29) is 5.69 Å². The van der Waals surface area contributed by atoms with Gasteiger partial charge in [-0.3, -0.25) is 25.4 Å². The molecule has 0 radical (unpaired) electrons. The van der Waals surface area contributed by atoms with E-state index in [1.54, 1.807) is 19.1 Å². The number of aryl methyl sites for hydroxylation is 3. The molecule has 1 aromatic carbocycles. The fraction of sp³-hybridized carbons (Fsp3) is 0.200. The lowest BCUT2D eigenvalue weighted by atomic mass is 10.1. The molecule has 3 aromatic rings. The van der Waals surface area contributed by atoms with Gasteiger partial charge in [0.15, 0.2) is 5.16 Å². The third-order valence-electron chi connectivity index (χ3n) is 3.85. The van der Waals surface area contributed by atoms with E-state index in [1.807, 2.05) is 32.0 Å². The number of amides is 2. The van der Waals surface area contributed by atoms with E-state index in [2.05, 4.69) is 30.8 Å². The van der Waals surface area contributed by atoms with Gasteiger partial charge in [0.1, 0.15) is 5.69 Å². The number of hydrogen-bond acceptors (Lipinski definition) is 7. The summed E-state index contributed by atoms with van der Waals surface area (Å²) in [5, 5.41) is 0.728. The maximum atomic E-state index is 12.2. The first-order valence-electron chi connectivity index (χ1n) is 8.84. The number of thioether (sulfide) groups is 1. The normalized spacial score (nSPS) is 10.4. The number of nitrogens with one attached hydrogen (secondary N) is 2. The molecule has 0 aliphatic carbocycles. The number of aromatic nitrogens is 4. The van der Waals surface area contributed by atoms with Gasteiger partial charge in [-0.1, -0.05) is 23.9 Å². The molecule has 148 valence electrons. The predicted octanol–water partition coefficient (Wildman–Crippen LogP) is 2.56. The van der Waals surface area contributed by atoms with E-state index in [9.17, 15) is 9.59 Å². The van der Waals surface area contributed by atoms with Crippen molar-refractivity contribution in [3.05, 3.63) is 76.6 Å². The number of hydrogen-bond donors (Lipinski definition) is 2. The van der Waals surface area contributed by atoms with Crippen molar-refractivity contribution in [1.82, 2.24) is 30.8 Å². The summed E-state index contributed by atoms with van der Waals surface area (Å²) in [6.07, 6.45) is 2.83. The van der Waals surface area contributed by atoms with Crippen molar-refractivity contribution in [2.24, 2.45) is 0 Å². The van der Waals surface area contributed by atoms with E-state index in [0.29, 0.717) is 17.0 Å². The second-order valence-electron chi connectivity index (χ2n) is 6.37. The zero-order valence-corrected chi connectivity index (χ0v) is 17.1. The van der Waals surface area contributed by atoms with Crippen molar-refractivity contribution in [2.45, 2.75) is 31.7 Å². The molecule has 0 aliphatic rings. The molecule has 0 saturated carbocycles. The van der Waals surface area contributed by atoms with E-state index in [0.717, 1.165) is 22.1 Å². The number of carbonyl (C=O) groups excluding carboxylic acids is 2. The largest absolute Gasteiger partial charge is 0.289 e. The first-order valence-corrected chi connectivity index (χ1v) is 9.82. The van der Waals surface area contributed by atoms with Crippen LogP contribution in [0.15, 0.2) is 47.9 Å². The van der Waals surface area contributed by atoms with Gasteiger partial charge in [0.2, 0.25) is 0 Å². The fourth-order valence-electron chi connectivity index (χ4n) is 2.42. The Morgan fingerprint density at radius 3 is 2.14 bits per heavy atom. The van der Waals surface area contributed by atoms with Crippen LogP contribution >= 0.6 is 11.8 Å². The Bertz CT molecular complexity index is 1000. The Morgan fingerprint density at radius 2 is 1.52 bits per heavy atom. The minimum Gasteiger partial charge on any atom is -0.267 e. The van der Waals surface area contributed by atoms with Gasteiger partial charge in [-0.2, -0.15) is 0 Å². The summed E-state index contributed by atoms with van der Waals surface area (Å²) in [6, 6.07) is 9.05. The minimum absolute atomic E-state index is 0.122. The van der Waals surface area contributed by atoms with Crippen molar-refractivity contribution in [3.8, 4) is 0 Å². The van der Waals surface area contributed by atoms with Crippen LogP contribution in [0.25, 0.3) is 0 Å². The Balaban J connectivity index is 1.53. The van der Waals surface area contributed by atoms with Crippen molar-refractivity contribution < 1.29 is 9.59 Å². The summed E-state index contributed by atoms with van der Waals surface area (Å²) in [4.78, 5) is 40.9. The molecule has 29 heavy (non-hydrogen) atoms. The van der Waals surface area contributed by atoms with Crippen LogP contribution in [0.1, 0.15) is 43.5 Å². The van der Waals surface area contributed by atoms with Gasteiger partial charge in [0.25, 0.3) is 11.8 Å². The molecule has 0 saturated heterocycles. The van der Waals surface area contributed by atoms with Crippen LogP contribution in [0.2, 0.25) is 0 Å². The molecule has 0 aliphatic heterocycles. The Labute approximate surface area is 172 Å². The SMILES string of the molecule is Cc1cnc(C(=O)NNC(=O)c2ccc(CSc3nc(C)cc(C)n3)cc2)cn1. The second kappa shape index (κ2) is 9.24. The van der Waals surface area contributed by atoms with Gasteiger partial charge in [0.05, 0.1) is 11.9 Å². The maximum absolute atomic E-state index is 12.2. The molecule has 0 atom stereocenters. The molecule has 9 heteroatoms. The highest BCUT2D eigenvalue weighted by molar-refractivity contribution is 7.98. The molecule has 0 spiro atoms. The molecule has 2 amide bonds. The quantitative estimate of drug-likeness (QED) is 0.379. The highest BCUT2D eigenvalue weighted by atomic mass is 32.2. The first-order chi connectivity index (χ1) is 13.9. The molecule has 0 fully saturated rings. The second-order valence-corrected chi connectivity index (χ2v) is 7.31. The van der Waals surface area contributed by atoms with E-state index in [1.165, 1.54) is 24.2 Å². The van der Waals surface area contributed by atoms with E-state index < -0.39 is 11.8 Å². The Morgan fingerprint density at radius 1 is 0.862 bits per heavy atom. The topological polar surface area (TPSA) is 110 Å². The number of hydrazine groups is 1. The van der Waals surface area contributed by atoms with Crippen LogP contribution in [-0.4, -0.2) is 31.8 Å². The minimum atomic E-state index is -0.535. The smallest absolute Gasteiger partial charge is 0.267 e. The highest BCUT2D eigenvalue weighted by Gasteiger charge is 2.11. The number of rotatable bonds is 5. The lowest BCUT2D eigenvalue weighted by Crippen LogP contribution is -2.42. The monoisotopic (exact) mass is 408 g/mol. The zero-order chi connectivity index (χ0) is 20.8. The molecule has 0 bridgehead atoms. The summed E-state index contributed by atoms with van der Waals surface area (Å²) in [7, 11) is 0. The average molecular weight is 408 g/mol. The van der Waals surface area contributed by atoms with Crippen LogP contribution in [0, 0.1) is 20.8 Å². The molecule has 2 aromatic heterocycles. The molecule has 2 heterocycles. The van der Waals surface area contributed by atoms with Crippen LogP contribution in [0.4, 0.5) is 0 Å². The van der Waals surface area contributed by atoms with Gasteiger partial charge in [-0.15, -0.1) is 0 Å². The molecular formula is C20H20N6O2S. The summed E-state index contributed by atoms with van der Waals surface area (Å²) >= 11 is 1.54. The first kappa shape index (κ1) is 20.4. The van der Waals surface area contributed by atoms with Gasteiger partial charge >= 0.3 is 0 Å². The molecule has 2 N–H and O–H groups in total. The van der Waals surface area contributed by atoms with E-state index in [4.69, 9.17) is 0 Å². The molecule has 3 rings (SSSR count). The van der Waals surface area contributed by atoms with Crippen LogP contribution < -0.4 is 10.9 Å². The zero-order valence-electron chi connectivity index (χ0n) is 16.3. The van der Waals surface area contributed by atoms with Gasteiger partial charge in [-0.05, 0) is 44.5 Å². The Kier molecular flexibility index (Phi) is 6.50. The van der Waals surface area contributed by atoms with Gasteiger partial charge in [0, 0.05) is 28.9 Å². The number of carbonyl (C=O) groups is 2. The van der Waals surface area contributed by atoms with Crippen LogP contribution in [0.5, 0.6) is 0 Å². The molecular weight excluding hydrogens is 388 g/mol.